The van der Waals surface area contributed by atoms with Crippen molar-refractivity contribution in [1.82, 2.24) is 5.32 Å². The van der Waals surface area contributed by atoms with Crippen LogP contribution in [-0.2, 0) is 9.53 Å². The summed E-state index contributed by atoms with van der Waals surface area (Å²) in [5, 5.41) is 2.98. The van der Waals surface area contributed by atoms with Crippen molar-refractivity contribution in [2.75, 3.05) is 13.2 Å². The van der Waals surface area contributed by atoms with E-state index >= 15 is 0 Å². The highest BCUT2D eigenvalue weighted by atomic mass is 19.1. The van der Waals surface area contributed by atoms with Gasteiger partial charge in [-0.3, -0.25) is 4.79 Å². The van der Waals surface area contributed by atoms with Gasteiger partial charge in [0.2, 0.25) is 5.91 Å². The molecule has 1 heterocycles. The van der Waals surface area contributed by atoms with Gasteiger partial charge in [-0.15, -0.1) is 0 Å². The lowest BCUT2D eigenvalue weighted by Crippen LogP contribution is -2.41. The van der Waals surface area contributed by atoms with Crippen molar-refractivity contribution in [3.8, 4) is 0 Å². The van der Waals surface area contributed by atoms with Gasteiger partial charge in [0, 0.05) is 11.8 Å². The molecule has 1 aromatic carbocycles. The SMILES string of the molecule is CC(C)C(=O)NC1COC[C@H]1c1ccc(F)cc1. The second-order valence-corrected chi connectivity index (χ2v) is 4.97. The van der Waals surface area contributed by atoms with Gasteiger partial charge < -0.3 is 10.1 Å². The van der Waals surface area contributed by atoms with Crippen molar-refractivity contribution < 1.29 is 13.9 Å². The summed E-state index contributed by atoms with van der Waals surface area (Å²) in [4.78, 5) is 11.7. The maximum atomic E-state index is 12.9. The Labute approximate surface area is 106 Å². The van der Waals surface area contributed by atoms with Crippen LogP contribution in [0.1, 0.15) is 25.3 Å². The predicted molar refractivity (Wildman–Crippen MR) is 66.7 cm³/mol. The Morgan fingerprint density at radius 3 is 2.61 bits per heavy atom. The zero-order valence-electron chi connectivity index (χ0n) is 10.7. The molecule has 0 saturated carbocycles. The summed E-state index contributed by atoms with van der Waals surface area (Å²) >= 11 is 0. The molecule has 1 unspecified atom stereocenters. The van der Waals surface area contributed by atoms with Crippen LogP contribution in [0.15, 0.2) is 24.3 Å². The number of nitrogens with one attached hydrogen (secondary N) is 1. The Bertz CT molecular complexity index is 416. The first kappa shape index (κ1) is 13.0. The molecule has 1 fully saturated rings. The number of hydrogen-bond acceptors (Lipinski definition) is 2. The quantitative estimate of drug-likeness (QED) is 0.893. The highest BCUT2D eigenvalue weighted by Gasteiger charge is 2.31. The lowest BCUT2D eigenvalue weighted by atomic mass is 9.94. The fraction of sp³-hybridized carbons (Fsp3) is 0.500. The second kappa shape index (κ2) is 5.48. The first-order valence-corrected chi connectivity index (χ1v) is 6.21. The lowest BCUT2D eigenvalue weighted by Gasteiger charge is -2.20. The van der Waals surface area contributed by atoms with Gasteiger partial charge in [0.05, 0.1) is 19.3 Å². The number of carbonyl (C=O) groups is 1. The molecule has 1 aliphatic heterocycles. The van der Waals surface area contributed by atoms with Crippen LogP contribution in [0.2, 0.25) is 0 Å². The van der Waals surface area contributed by atoms with Crippen LogP contribution >= 0.6 is 0 Å². The van der Waals surface area contributed by atoms with Gasteiger partial charge >= 0.3 is 0 Å². The van der Waals surface area contributed by atoms with Crippen LogP contribution in [0.25, 0.3) is 0 Å². The molecule has 0 aromatic heterocycles. The summed E-state index contributed by atoms with van der Waals surface area (Å²) in [5.41, 5.74) is 1.00. The third-order valence-corrected chi connectivity index (χ3v) is 3.23. The van der Waals surface area contributed by atoms with Crippen molar-refractivity contribution >= 4 is 5.91 Å². The van der Waals surface area contributed by atoms with Crippen molar-refractivity contribution in [2.45, 2.75) is 25.8 Å². The van der Waals surface area contributed by atoms with Gasteiger partial charge in [0.15, 0.2) is 0 Å². The van der Waals surface area contributed by atoms with Crippen LogP contribution in [0, 0.1) is 11.7 Å². The van der Waals surface area contributed by atoms with E-state index in [9.17, 15) is 9.18 Å². The number of ether oxygens (including phenoxy) is 1. The van der Waals surface area contributed by atoms with E-state index in [1.165, 1.54) is 12.1 Å². The normalized spacial score (nSPS) is 23.3. The Morgan fingerprint density at radius 2 is 2.00 bits per heavy atom. The zero-order valence-corrected chi connectivity index (χ0v) is 10.7. The molecule has 1 saturated heterocycles. The van der Waals surface area contributed by atoms with E-state index in [2.05, 4.69) is 5.32 Å². The molecule has 4 heteroatoms. The third-order valence-electron chi connectivity index (χ3n) is 3.23. The first-order chi connectivity index (χ1) is 8.58. The minimum absolute atomic E-state index is 0.0228. The van der Waals surface area contributed by atoms with E-state index in [0.717, 1.165) is 5.56 Å². The van der Waals surface area contributed by atoms with Crippen molar-refractivity contribution in [3.63, 3.8) is 0 Å². The van der Waals surface area contributed by atoms with Crippen LogP contribution in [0.3, 0.4) is 0 Å². The average molecular weight is 251 g/mol. The molecule has 18 heavy (non-hydrogen) atoms. The van der Waals surface area contributed by atoms with Crippen LogP contribution in [0.5, 0.6) is 0 Å². The van der Waals surface area contributed by atoms with Crippen molar-refractivity contribution in [1.29, 1.82) is 0 Å². The highest BCUT2D eigenvalue weighted by Crippen LogP contribution is 2.26. The predicted octanol–water partition coefficient (Wildman–Crippen LogP) is 2.08. The molecular weight excluding hydrogens is 233 g/mol. The largest absolute Gasteiger partial charge is 0.379 e. The van der Waals surface area contributed by atoms with Crippen molar-refractivity contribution in [3.05, 3.63) is 35.6 Å². The number of rotatable bonds is 3. The van der Waals surface area contributed by atoms with Gasteiger partial charge in [-0.1, -0.05) is 26.0 Å². The third kappa shape index (κ3) is 2.88. The second-order valence-electron chi connectivity index (χ2n) is 4.97. The summed E-state index contributed by atoms with van der Waals surface area (Å²) in [6.45, 7) is 4.80. The van der Waals surface area contributed by atoms with Gasteiger partial charge in [0.1, 0.15) is 5.82 Å². The Kier molecular flexibility index (Phi) is 3.97. The molecule has 3 nitrogen and oxygen atoms in total. The molecular formula is C14H18FNO2. The number of benzene rings is 1. The van der Waals surface area contributed by atoms with Crippen LogP contribution < -0.4 is 5.32 Å². The topological polar surface area (TPSA) is 38.3 Å². The molecule has 2 atom stereocenters. The van der Waals surface area contributed by atoms with E-state index in [0.29, 0.717) is 13.2 Å². The van der Waals surface area contributed by atoms with E-state index < -0.39 is 0 Å². The molecule has 0 radical (unpaired) electrons. The molecule has 1 aromatic rings. The minimum Gasteiger partial charge on any atom is -0.379 e. The molecule has 2 rings (SSSR count). The minimum atomic E-state index is -0.250. The van der Waals surface area contributed by atoms with Gasteiger partial charge in [-0.05, 0) is 17.7 Å². The maximum Gasteiger partial charge on any atom is 0.222 e. The van der Waals surface area contributed by atoms with Gasteiger partial charge in [-0.25, -0.2) is 4.39 Å². The highest BCUT2D eigenvalue weighted by molar-refractivity contribution is 5.78. The standard InChI is InChI=1S/C14H18FNO2/c1-9(2)14(17)16-13-8-18-7-12(13)10-3-5-11(15)6-4-10/h3-6,9,12-13H,7-8H2,1-2H3,(H,16,17)/t12-,13?/m0/s1. The first-order valence-electron chi connectivity index (χ1n) is 6.21. The Balaban J connectivity index is 2.07. The number of hydrogen-bond donors (Lipinski definition) is 1. The number of carbonyl (C=O) groups excluding carboxylic acids is 1. The summed E-state index contributed by atoms with van der Waals surface area (Å²) in [5.74, 6) is -0.161. The summed E-state index contributed by atoms with van der Waals surface area (Å²) in [6.07, 6.45) is 0. The lowest BCUT2D eigenvalue weighted by molar-refractivity contribution is -0.124. The van der Waals surface area contributed by atoms with E-state index in [1.807, 2.05) is 13.8 Å². The molecule has 98 valence electrons. The summed E-state index contributed by atoms with van der Waals surface area (Å²) < 4.78 is 18.3. The Morgan fingerprint density at radius 1 is 1.33 bits per heavy atom. The van der Waals surface area contributed by atoms with E-state index in [-0.39, 0.29) is 29.6 Å². The zero-order chi connectivity index (χ0) is 13.1. The Hall–Kier alpha value is -1.42. The molecule has 0 spiro atoms. The fourth-order valence-corrected chi connectivity index (χ4v) is 2.08. The van der Waals surface area contributed by atoms with Crippen LogP contribution in [-0.4, -0.2) is 25.2 Å². The fourth-order valence-electron chi connectivity index (χ4n) is 2.08. The van der Waals surface area contributed by atoms with Gasteiger partial charge in [0.25, 0.3) is 0 Å². The smallest absolute Gasteiger partial charge is 0.222 e. The van der Waals surface area contributed by atoms with Gasteiger partial charge in [-0.2, -0.15) is 0 Å². The summed E-state index contributed by atoms with van der Waals surface area (Å²) in [7, 11) is 0. The molecule has 1 N–H and O–H groups in total. The number of halogens is 1. The average Bonchev–Trinajstić information content (AvgIpc) is 2.78. The molecule has 1 aliphatic rings. The van der Waals surface area contributed by atoms with Crippen molar-refractivity contribution in [2.24, 2.45) is 5.92 Å². The van der Waals surface area contributed by atoms with Crippen LogP contribution in [0.4, 0.5) is 4.39 Å². The number of amides is 1. The van der Waals surface area contributed by atoms with E-state index in [1.54, 1.807) is 12.1 Å². The molecule has 0 aliphatic carbocycles. The maximum absolute atomic E-state index is 12.9. The molecule has 0 bridgehead atoms. The van der Waals surface area contributed by atoms with E-state index in [4.69, 9.17) is 4.74 Å². The molecule has 1 amide bonds. The monoisotopic (exact) mass is 251 g/mol. The summed E-state index contributed by atoms with van der Waals surface area (Å²) in [6, 6.07) is 6.36.